The van der Waals surface area contributed by atoms with Crippen molar-refractivity contribution in [3.8, 4) is 0 Å². The molecular weight excluding hydrogens is 470 g/mol. The summed E-state index contributed by atoms with van der Waals surface area (Å²) < 4.78 is 2.35. The molecule has 1 aromatic carbocycles. The molecule has 7 heteroatoms. The first-order valence-electron chi connectivity index (χ1n) is 6.58. The van der Waals surface area contributed by atoms with Gasteiger partial charge in [-0.15, -0.1) is 0 Å². The van der Waals surface area contributed by atoms with Crippen LogP contribution in [0.25, 0.3) is 0 Å². The van der Waals surface area contributed by atoms with Crippen LogP contribution in [0.4, 0.5) is 5.69 Å². The van der Waals surface area contributed by atoms with Gasteiger partial charge in [0, 0.05) is 13.4 Å². The van der Waals surface area contributed by atoms with Crippen molar-refractivity contribution in [2.75, 3.05) is 5.32 Å². The van der Waals surface area contributed by atoms with E-state index >= 15 is 0 Å². The molecule has 114 valence electrons. The first-order valence-corrected chi connectivity index (χ1v) is 8.96. The highest BCUT2D eigenvalue weighted by molar-refractivity contribution is 9.11. The molecule has 2 N–H and O–H groups in total. The van der Waals surface area contributed by atoms with Gasteiger partial charge < -0.3 is 10.4 Å². The molecule has 1 aromatic rings. The summed E-state index contributed by atoms with van der Waals surface area (Å²) in [4.78, 5) is 23.7. The molecule has 0 saturated heterocycles. The van der Waals surface area contributed by atoms with Crippen LogP contribution in [-0.2, 0) is 9.59 Å². The Bertz CT molecular complexity index is 554. The van der Waals surface area contributed by atoms with E-state index in [1.165, 1.54) is 0 Å². The Labute approximate surface area is 148 Å². The number of aliphatic carboxylic acids is 1. The fourth-order valence-electron chi connectivity index (χ4n) is 2.62. The van der Waals surface area contributed by atoms with Gasteiger partial charge in [0.05, 0.1) is 17.5 Å². The minimum atomic E-state index is -0.885. The molecule has 21 heavy (non-hydrogen) atoms. The highest BCUT2D eigenvalue weighted by Crippen LogP contribution is 2.36. The number of amides is 1. The second-order valence-electron chi connectivity index (χ2n) is 5.07. The van der Waals surface area contributed by atoms with Gasteiger partial charge >= 0.3 is 5.97 Å². The van der Waals surface area contributed by atoms with E-state index in [9.17, 15) is 14.7 Å². The normalized spacial score (nSPS) is 21.9. The molecule has 4 nitrogen and oxygen atoms in total. The van der Waals surface area contributed by atoms with E-state index < -0.39 is 17.8 Å². The Morgan fingerprint density at radius 2 is 1.57 bits per heavy atom. The summed E-state index contributed by atoms with van der Waals surface area (Å²) in [5.74, 6) is -2.18. The van der Waals surface area contributed by atoms with Gasteiger partial charge in [-0.1, -0.05) is 28.8 Å². The van der Waals surface area contributed by atoms with E-state index in [0.717, 1.165) is 26.3 Å². The van der Waals surface area contributed by atoms with Gasteiger partial charge in [-0.05, 0) is 56.8 Å². The van der Waals surface area contributed by atoms with Crippen LogP contribution in [0.5, 0.6) is 0 Å². The second-order valence-corrected chi connectivity index (χ2v) is 7.69. The van der Waals surface area contributed by atoms with E-state index in [1.807, 2.05) is 12.1 Å². The molecule has 1 aliphatic carbocycles. The SMILES string of the molecule is O=C(O)[C@H]1CCCC[C@H]1C(=O)Nc1c(Br)cc(Br)cc1Br. The summed E-state index contributed by atoms with van der Waals surface area (Å²) >= 11 is 10.2. The van der Waals surface area contributed by atoms with Crippen LogP contribution in [0, 0.1) is 11.8 Å². The number of benzene rings is 1. The molecule has 0 bridgehead atoms. The Hall–Kier alpha value is -0.400. The maximum atomic E-state index is 12.4. The summed E-state index contributed by atoms with van der Waals surface area (Å²) in [5.41, 5.74) is 0.623. The molecule has 0 aromatic heterocycles. The molecule has 0 unspecified atom stereocenters. The average molecular weight is 484 g/mol. The van der Waals surface area contributed by atoms with Crippen molar-refractivity contribution >= 4 is 65.4 Å². The van der Waals surface area contributed by atoms with Gasteiger partial charge in [0.15, 0.2) is 0 Å². The van der Waals surface area contributed by atoms with Gasteiger partial charge in [-0.25, -0.2) is 0 Å². The number of anilines is 1. The summed E-state index contributed by atoms with van der Waals surface area (Å²) in [6.45, 7) is 0. The fraction of sp³-hybridized carbons (Fsp3) is 0.429. The molecule has 0 radical (unpaired) electrons. The second kappa shape index (κ2) is 7.24. The molecule has 0 heterocycles. The largest absolute Gasteiger partial charge is 0.481 e. The fourth-order valence-corrected chi connectivity index (χ4v) is 5.07. The molecule has 0 spiro atoms. The highest BCUT2D eigenvalue weighted by atomic mass is 79.9. The number of carbonyl (C=O) groups is 2. The van der Waals surface area contributed by atoms with E-state index in [4.69, 9.17) is 0 Å². The summed E-state index contributed by atoms with van der Waals surface area (Å²) in [6.07, 6.45) is 2.95. The number of rotatable bonds is 3. The van der Waals surface area contributed by atoms with E-state index in [-0.39, 0.29) is 5.91 Å². The maximum absolute atomic E-state index is 12.4. The lowest BCUT2D eigenvalue weighted by atomic mass is 9.78. The van der Waals surface area contributed by atoms with Crippen LogP contribution in [0.2, 0.25) is 0 Å². The van der Waals surface area contributed by atoms with Crippen molar-refractivity contribution in [1.29, 1.82) is 0 Å². The summed E-state index contributed by atoms with van der Waals surface area (Å²) in [7, 11) is 0. The molecule has 2 atom stereocenters. The zero-order chi connectivity index (χ0) is 15.6. The third-order valence-corrected chi connectivity index (χ3v) is 5.38. The Morgan fingerprint density at radius 1 is 1.05 bits per heavy atom. The molecule has 1 aliphatic rings. The standard InChI is InChI=1S/C14H14Br3NO3/c15-7-5-10(16)12(11(17)6-7)18-13(19)8-3-1-2-4-9(8)14(20)21/h5-6,8-9H,1-4H2,(H,18,19)(H,20,21)/t8-,9+/m1/s1. The van der Waals surface area contributed by atoms with Crippen molar-refractivity contribution in [1.82, 2.24) is 0 Å². The van der Waals surface area contributed by atoms with E-state index in [2.05, 4.69) is 53.1 Å². The number of carboxylic acid groups (broad SMARTS) is 1. The third-order valence-electron chi connectivity index (χ3n) is 3.68. The predicted molar refractivity (Wildman–Crippen MR) is 91.3 cm³/mol. The topological polar surface area (TPSA) is 66.4 Å². The molecule has 2 rings (SSSR count). The van der Waals surface area contributed by atoms with Crippen LogP contribution in [0.15, 0.2) is 25.6 Å². The highest BCUT2D eigenvalue weighted by Gasteiger charge is 2.36. The molecular formula is C14H14Br3NO3. The monoisotopic (exact) mass is 481 g/mol. The number of halogens is 3. The van der Waals surface area contributed by atoms with Crippen LogP contribution in [-0.4, -0.2) is 17.0 Å². The zero-order valence-electron chi connectivity index (χ0n) is 11.0. The smallest absolute Gasteiger partial charge is 0.307 e. The van der Waals surface area contributed by atoms with Crippen LogP contribution in [0.1, 0.15) is 25.7 Å². The van der Waals surface area contributed by atoms with E-state index in [0.29, 0.717) is 18.5 Å². The summed E-state index contributed by atoms with van der Waals surface area (Å²) in [5, 5.41) is 12.1. The number of nitrogens with one attached hydrogen (secondary N) is 1. The quantitative estimate of drug-likeness (QED) is 0.648. The van der Waals surface area contributed by atoms with Gasteiger partial charge in [0.2, 0.25) is 5.91 Å². The van der Waals surface area contributed by atoms with Crippen LogP contribution in [0.3, 0.4) is 0 Å². The van der Waals surface area contributed by atoms with Gasteiger partial charge in [0.25, 0.3) is 0 Å². The van der Waals surface area contributed by atoms with Gasteiger partial charge in [-0.2, -0.15) is 0 Å². The van der Waals surface area contributed by atoms with Crippen molar-refractivity contribution in [2.24, 2.45) is 11.8 Å². The molecule has 0 aliphatic heterocycles. The Balaban J connectivity index is 2.19. The number of hydrogen-bond donors (Lipinski definition) is 2. The zero-order valence-corrected chi connectivity index (χ0v) is 15.8. The van der Waals surface area contributed by atoms with Gasteiger partial charge in [0.1, 0.15) is 0 Å². The molecule has 1 saturated carbocycles. The minimum Gasteiger partial charge on any atom is -0.481 e. The molecule has 1 fully saturated rings. The van der Waals surface area contributed by atoms with Crippen LogP contribution >= 0.6 is 47.8 Å². The lowest BCUT2D eigenvalue weighted by molar-refractivity contribution is -0.147. The van der Waals surface area contributed by atoms with Crippen LogP contribution < -0.4 is 5.32 Å². The van der Waals surface area contributed by atoms with Crippen molar-refractivity contribution in [3.05, 3.63) is 25.6 Å². The lowest BCUT2D eigenvalue weighted by Gasteiger charge is -2.27. The van der Waals surface area contributed by atoms with E-state index in [1.54, 1.807) is 0 Å². The summed E-state index contributed by atoms with van der Waals surface area (Å²) in [6, 6.07) is 3.66. The third kappa shape index (κ3) is 4.07. The number of carboxylic acids is 1. The van der Waals surface area contributed by atoms with Crippen molar-refractivity contribution < 1.29 is 14.7 Å². The lowest BCUT2D eigenvalue weighted by Crippen LogP contribution is -2.36. The van der Waals surface area contributed by atoms with Crippen molar-refractivity contribution in [3.63, 3.8) is 0 Å². The first kappa shape index (κ1) is 17.0. The molecule has 1 amide bonds. The average Bonchev–Trinajstić information content (AvgIpc) is 2.42. The predicted octanol–water partition coefficient (Wildman–Crippen LogP) is 4.80. The first-order chi connectivity index (χ1) is 9.90. The maximum Gasteiger partial charge on any atom is 0.307 e. The van der Waals surface area contributed by atoms with Crippen molar-refractivity contribution in [2.45, 2.75) is 25.7 Å². The number of carbonyl (C=O) groups excluding carboxylic acids is 1. The Kier molecular flexibility index (Phi) is 5.85. The van der Waals surface area contributed by atoms with Gasteiger partial charge in [-0.3, -0.25) is 9.59 Å². The minimum absolute atomic E-state index is 0.231. The Morgan fingerprint density at radius 3 is 2.10 bits per heavy atom. The number of hydrogen-bond acceptors (Lipinski definition) is 2.